The first-order chi connectivity index (χ1) is 16.8. The molecule has 1 aliphatic carbocycles. The Balaban J connectivity index is 1.41. The molecule has 1 aromatic heterocycles. The van der Waals surface area contributed by atoms with Crippen molar-refractivity contribution in [1.29, 1.82) is 0 Å². The Morgan fingerprint density at radius 1 is 1.09 bits per heavy atom. The molecule has 2 aromatic carbocycles. The minimum atomic E-state index is -1.52. The molecule has 2 fully saturated rings. The molecular weight excluding hydrogens is 448 g/mol. The second kappa shape index (κ2) is 7.53. The fourth-order valence-electron chi connectivity index (χ4n) is 5.37. The number of carbonyl (C=O) groups is 3. The second-order valence-electron chi connectivity index (χ2n) is 9.57. The first-order valence-corrected chi connectivity index (χ1v) is 11.8. The smallest absolute Gasteiger partial charge is 0.354 e. The SMILES string of the molecule is Cc1cc2oc(=O)cc(COC(=O)C34CCC(=O)N3c3ccccc3C(=O)N4C3CC3)c2cc1C. The second-order valence-corrected chi connectivity index (χ2v) is 9.57. The molecule has 35 heavy (non-hydrogen) atoms. The van der Waals surface area contributed by atoms with E-state index in [1.54, 1.807) is 35.2 Å². The summed E-state index contributed by atoms with van der Waals surface area (Å²) in [4.78, 5) is 55.7. The van der Waals surface area contributed by atoms with Crippen LogP contribution >= 0.6 is 0 Å². The molecule has 3 aromatic rings. The van der Waals surface area contributed by atoms with E-state index in [2.05, 4.69) is 0 Å². The number of esters is 1. The molecule has 1 unspecified atom stereocenters. The van der Waals surface area contributed by atoms with Crippen molar-refractivity contribution >= 4 is 34.4 Å². The van der Waals surface area contributed by atoms with Gasteiger partial charge in [0.15, 0.2) is 0 Å². The Morgan fingerprint density at radius 3 is 2.60 bits per heavy atom. The maximum atomic E-state index is 13.8. The van der Waals surface area contributed by atoms with Crippen molar-refractivity contribution < 1.29 is 23.5 Å². The molecular formula is C27H24N2O6. The summed E-state index contributed by atoms with van der Waals surface area (Å²) < 4.78 is 11.2. The number of rotatable bonds is 4. The van der Waals surface area contributed by atoms with Gasteiger partial charge in [-0.3, -0.25) is 14.5 Å². The van der Waals surface area contributed by atoms with Gasteiger partial charge in [-0.05, 0) is 62.1 Å². The topological polar surface area (TPSA) is 97.1 Å². The minimum absolute atomic E-state index is 0.118. The van der Waals surface area contributed by atoms with Crippen LogP contribution in [0.15, 0.2) is 51.7 Å². The predicted molar refractivity (Wildman–Crippen MR) is 127 cm³/mol. The molecule has 1 atom stereocenters. The third-order valence-electron chi connectivity index (χ3n) is 7.34. The van der Waals surface area contributed by atoms with Gasteiger partial charge in [-0.25, -0.2) is 9.59 Å². The zero-order valence-electron chi connectivity index (χ0n) is 19.5. The Labute approximate surface area is 201 Å². The highest BCUT2D eigenvalue weighted by Gasteiger charge is 2.64. The average molecular weight is 472 g/mol. The van der Waals surface area contributed by atoms with Crippen LogP contribution < -0.4 is 10.5 Å². The van der Waals surface area contributed by atoms with Gasteiger partial charge in [0.05, 0.1) is 11.3 Å². The molecule has 6 rings (SSSR count). The van der Waals surface area contributed by atoms with E-state index in [-0.39, 0.29) is 37.3 Å². The summed E-state index contributed by atoms with van der Waals surface area (Å²) in [6.07, 6.45) is 1.84. The maximum Gasteiger partial charge on any atom is 0.354 e. The molecule has 3 aliphatic rings. The largest absolute Gasteiger partial charge is 0.458 e. The average Bonchev–Trinajstić information content (AvgIpc) is 3.60. The van der Waals surface area contributed by atoms with Gasteiger partial charge >= 0.3 is 11.6 Å². The summed E-state index contributed by atoms with van der Waals surface area (Å²) in [5.41, 5.74) is 1.72. The Bertz CT molecular complexity index is 1490. The number of para-hydroxylation sites is 1. The van der Waals surface area contributed by atoms with Crippen LogP contribution in [0.4, 0.5) is 5.69 Å². The van der Waals surface area contributed by atoms with E-state index in [1.165, 1.54) is 11.0 Å². The summed E-state index contributed by atoms with van der Waals surface area (Å²) in [5.74, 6) is -1.14. The zero-order chi connectivity index (χ0) is 24.5. The van der Waals surface area contributed by atoms with Gasteiger partial charge < -0.3 is 14.1 Å². The highest BCUT2D eigenvalue weighted by atomic mass is 16.5. The van der Waals surface area contributed by atoms with Gasteiger partial charge in [-0.2, -0.15) is 0 Å². The highest BCUT2D eigenvalue weighted by molar-refractivity contribution is 6.15. The lowest BCUT2D eigenvalue weighted by Crippen LogP contribution is -2.69. The first-order valence-electron chi connectivity index (χ1n) is 11.8. The minimum Gasteiger partial charge on any atom is -0.458 e. The van der Waals surface area contributed by atoms with Crippen molar-refractivity contribution in [3.63, 3.8) is 0 Å². The third kappa shape index (κ3) is 3.12. The van der Waals surface area contributed by atoms with Crippen molar-refractivity contribution in [2.75, 3.05) is 4.90 Å². The molecule has 8 heteroatoms. The van der Waals surface area contributed by atoms with Crippen LogP contribution in [-0.2, 0) is 20.9 Å². The van der Waals surface area contributed by atoms with Crippen molar-refractivity contribution in [2.24, 2.45) is 0 Å². The van der Waals surface area contributed by atoms with Crippen molar-refractivity contribution in [3.05, 3.63) is 75.1 Å². The highest BCUT2D eigenvalue weighted by Crippen LogP contribution is 2.49. The number of amides is 2. The number of aryl methyl sites for hydroxylation is 2. The molecule has 3 heterocycles. The normalized spacial score (nSPS) is 21.3. The molecule has 1 saturated heterocycles. The number of hydrogen-bond donors (Lipinski definition) is 0. The third-order valence-corrected chi connectivity index (χ3v) is 7.34. The number of nitrogens with zero attached hydrogens (tertiary/aromatic N) is 2. The van der Waals surface area contributed by atoms with Gasteiger partial charge in [-0.1, -0.05) is 12.1 Å². The molecule has 8 nitrogen and oxygen atoms in total. The van der Waals surface area contributed by atoms with Gasteiger partial charge in [0.2, 0.25) is 11.6 Å². The summed E-state index contributed by atoms with van der Waals surface area (Å²) in [5, 5.41) is 0.682. The molecule has 0 N–H and O–H groups in total. The van der Waals surface area contributed by atoms with Crippen molar-refractivity contribution in [2.45, 2.75) is 57.8 Å². The molecule has 0 spiro atoms. The van der Waals surface area contributed by atoms with Crippen LogP contribution in [0.2, 0.25) is 0 Å². The van der Waals surface area contributed by atoms with Crippen LogP contribution in [0.25, 0.3) is 11.0 Å². The zero-order valence-corrected chi connectivity index (χ0v) is 19.5. The number of anilines is 1. The number of hydrogen-bond acceptors (Lipinski definition) is 6. The van der Waals surface area contributed by atoms with E-state index in [9.17, 15) is 19.2 Å². The lowest BCUT2D eigenvalue weighted by Gasteiger charge is -2.48. The first kappa shape index (κ1) is 21.6. The fraction of sp³-hybridized carbons (Fsp3) is 0.333. The van der Waals surface area contributed by atoms with Crippen LogP contribution in [0.3, 0.4) is 0 Å². The standard InChI is InChI=1S/C27H24N2O6/c1-15-11-20-17(13-24(31)35-22(20)12-16(15)2)14-34-26(33)27-10-9-23(30)29(27)21-6-4-3-5-19(21)25(32)28(27)18-7-8-18/h3-6,11-13,18H,7-10,14H2,1-2H3. The van der Waals surface area contributed by atoms with E-state index in [1.807, 2.05) is 19.9 Å². The number of benzene rings is 2. The van der Waals surface area contributed by atoms with Crippen LogP contribution in [0.5, 0.6) is 0 Å². The number of fused-ring (bicyclic) bond motifs is 4. The van der Waals surface area contributed by atoms with Gasteiger partial charge in [0.1, 0.15) is 12.2 Å². The quantitative estimate of drug-likeness (QED) is 0.425. The van der Waals surface area contributed by atoms with E-state index in [0.29, 0.717) is 27.8 Å². The lowest BCUT2D eigenvalue weighted by molar-refractivity contribution is -0.159. The number of ether oxygens (including phenoxy) is 1. The summed E-state index contributed by atoms with van der Waals surface area (Å²) in [6.45, 7) is 3.70. The predicted octanol–water partition coefficient (Wildman–Crippen LogP) is 3.59. The van der Waals surface area contributed by atoms with Crippen molar-refractivity contribution in [3.8, 4) is 0 Å². The molecule has 2 aliphatic heterocycles. The lowest BCUT2D eigenvalue weighted by atomic mass is 9.96. The Hall–Kier alpha value is -3.94. The summed E-state index contributed by atoms with van der Waals surface area (Å²) >= 11 is 0. The number of carbonyl (C=O) groups excluding carboxylic acids is 3. The van der Waals surface area contributed by atoms with Crippen LogP contribution in [0, 0.1) is 13.8 Å². The molecule has 0 radical (unpaired) electrons. The van der Waals surface area contributed by atoms with Crippen molar-refractivity contribution in [1.82, 2.24) is 4.90 Å². The van der Waals surface area contributed by atoms with Gasteiger partial charge in [-0.15, -0.1) is 0 Å². The van der Waals surface area contributed by atoms with E-state index >= 15 is 0 Å². The fourth-order valence-corrected chi connectivity index (χ4v) is 5.37. The summed E-state index contributed by atoms with van der Waals surface area (Å²) in [6, 6.07) is 11.8. The van der Waals surface area contributed by atoms with Gasteiger partial charge in [0, 0.05) is 35.9 Å². The van der Waals surface area contributed by atoms with E-state index in [4.69, 9.17) is 9.15 Å². The molecule has 1 saturated carbocycles. The molecule has 0 bridgehead atoms. The monoisotopic (exact) mass is 472 g/mol. The van der Waals surface area contributed by atoms with Gasteiger partial charge in [0.25, 0.3) is 5.91 Å². The molecule has 178 valence electrons. The van der Waals surface area contributed by atoms with E-state index < -0.39 is 17.3 Å². The van der Waals surface area contributed by atoms with Crippen LogP contribution in [0.1, 0.15) is 52.7 Å². The Morgan fingerprint density at radius 2 is 1.83 bits per heavy atom. The molecule has 2 amide bonds. The summed E-state index contributed by atoms with van der Waals surface area (Å²) in [7, 11) is 0. The van der Waals surface area contributed by atoms with E-state index in [0.717, 1.165) is 24.0 Å². The maximum absolute atomic E-state index is 13.8. The van der Waals surface area contributed by atoms with Crippen LogP contribution in [-0.4, -0.2) is 34.4 Å². The Kier molecular flexibility index (Phi) is 4.64.